The molecule has 0 aliphatic carbocycles. The van der Waals surface area contributed by atoms with E-state index in [2.05, 4.69) is 18.8 Å². The lowest BCUT2D eigenvalue weighted by Gasteiger charge is -2.18. The summed E-state index contributed by atoms with van der Waals surface area (Å²) < 4.78 is 40.8. The summed E-state index contributed by atoms with van der Waals surface area (Å²) >= 11 is 0. The Kier molecular flexibility index (Phi) is 7.41. The maximum atomic E-state index is 15.5. The Hall–Kier alpha value is -3.06. The van der Waals surface area contributed by atoms with E-state index >= 15 is 8.78 Å². The number of fused-ring (bicyclic) bond motifs is 1. The topological polar surface area (TPSA) is 44.4 Å². The van der Waals surface area contributed by atoms with Crippen LogP contribution in [0.4, 0.5) is 8.78 Å². The van der Waals surface area contributed by atoms with Crippen molar-refractivity contribution in [2.75, 3.05) is 6.61 Å². The Morgan fingerprint density at radius 2 is 1.82 bits per heavy atom. The van der Waals surface area contributed by atoms with Crippen molar-refractivity contribution in [1.82, 2.24) is 18.9 Å². The molecule has 1 unspecified atom stereocenters. The van der Waals surface area contributed by atoms with Crippen LogP contribution in [0, 0.1) is 18.6 Å². The molecule has 0 saturated heterocycles. The molecule has 0 radical (unpaired) electrons. The van der Waals surface area contributed by atoms with Gasteiger partial charge in [0.05, 0.1) is 23.1 Å². The second-order valence-corrected chi connectivity index (χ2v) is 8.86. The van der Waals surface area contributed by atoms with Gasteiger partial charge in [0.2, 0.25) is 0 Å². The minimum atomic E-state index is -0.654. The number of pyridine rings is 1. The van der Waals surface area contributed by atoms with Gasteiger partial charge in [0, 0.05) is 44.2 Å². The van der Waals surface area contributed by atoms with Crippen LogP contribution in [0.25, 0.3) is 28.3 Å². The van der Waals surface area contributed by atoms with Gasteiger partial charge >= 0.3 is 0 Å². The van der Waals surface area contributed by atoms with Crippen molar-refractivity contribution in [3.63, 3.8) is 0 Å². The predicted octanol–water partition coefficient (Wildman–Crippen LogP) is 6.52. The molecule has 0 aliphatic heterocycles. The average Bonchev–Trinajstić information content (AvgIpc) is 3.38. The molecule has 5 nitrogen and oxygen atoms in total. The van der Waals surface area contributed by atoms with Gasteiger partial charge in [0.1, 0.15) is 23.1 Å². The van der Waals surface area contributed by atoms with E-state index in [1.54, 1.807) is 24.0 Å². The van der Waals surface area contributed by atoms with E-state index in [1.807, 2.05) is 29.7 Å². The second kappa shape index (κ2) is 10.5. The summed E-state index contributed by atoms with van der Waals surface area (Å²) in [4.78, 5) is 8.92. The van der Waals surface area contributed by atoms with E-state index in [0.29, 0.717) is 35.8 Å². The molecule has 3 aromatic heterocycles. The molecular weight excluding hydrogens is 434 g/mol. The maximum Gasteiger partial charge on any atom is 0.139 e. The van der Waals surface area contributed by atoms with Gasteiger partial charge in [0.15, 0.2) is 0 Å². The number of aromatic nitrogens is 4. The molecule has 0 aliphatic rings. The number of aryl methyl sites for hydroxylation is 2. The first-order valence-electron chi connectivity index (χ1n) is 12.0. The van der Waals surface area contributed by atoms with E-state index in [1.165, 1.54) is 12.1 Å². The number of imidazole rings is 2. The lowest BCUT2D eigenvalue weighted by molar-refractivity contribution is 0.0460. The first-order valence-corrected chi connectivity index (χ1v) is 12.0. The number of halogens is 2. The van der Waals surface area contributed by atoms with Gasteiger partial charge in [-0.25, -0.2) is 18.7 Å². The molecule has 0 saturated carbocycles. The van der Waals surface area contributed by atoms with Crippen molar-refractivity contribution >= 4 is 5.65 Å². The van der Waals surface area contributed by atoms with E-state index in [9.17, 15) is 0 Å². The standard InChI is InChI=1S/C27H32F2N4O/c1-5-7-8-20(34-13-6-2)17-23-26(31-24-14-18(3)9-11-33(23)24)25-21(28)15-19(16-22(25)29)27-30-10-12-32(27)4/h9-12,14-16,20H,5-8,13,17H2,1-4H3. The molecule has 4 aromatic rings. The molecule has 34 heavy (non-hydrogen) atoms. The smallest absolute Gasteiger partial charge is 0.139 e. The quantitative estimate of drug-likeness (QED) is 0.267. The fraction of sp³-hybridized carbons (Fsp3) is 0.407. The first kappa shape index (κ1) is 24.1. The Balaban J connectivity index is 1.83. The molecule has 3 heterocycles. The Morgan fingerprint density at radius 3 is 2.47 bits per heavy atom. The number of benzene rings is 1. The van der Waals surface area contributed by atoms with Gasteiger partial charge in [-0.3, -0.25) is 0 Å². The van der Waals surface area contributed by atoms with Crippen LogP contribution in [0.15, 0.2) is 42.9 Å². The minimum absolute atomic E-state index is 0.0437. The van der Waals surface area contributed by atoms with Crippen molar-refractivity contribution in [2.24, 2.45) is 7.05 Å². The fourth-order valence-electron chi connectivity index (χ4n) is 4.34. The van der Waals surface area contributed by atoms with Crippen LogP contribution in [0.2, 0.25) is 0 Å². The van der Waals surface area contributed by atoms with Crippen LogP contribution in [0.3, 0.4) is 0 Å². The van der Waals surface area contributed by atoms with Gasteiger partial charge < -0.3 is 13.7 Å². The number of ether oxygens (including phenoxy) is 1. The Labute approximate surface area is 199 Å². The van der Waals surface area contributed by atoms with E-state index in [-0.39, 0.29) is 11.7 Å². The number of nitrogens with zero attached hydrogens (tertiary/aromatic N) is 4. The zero-order valence-corrected chi connectivity index (χ0v) is 20.3. The number of unbranched alkanes of at least 4 members (excludes halogenated alkanes) is 1. The van der Waals surface area contributed by atoms with Crippen LogP contribution in [0.5, 0.6) is 0 Å². The highest BCUT2D eigenvalue weighted by atomic mass is 19.1. The molecule has 1 atom stereocenters. The highest BCUT2D eigenvalue weighted by Gasteiger charge is 2.25. The van der Waals surface area contributed by atoms with Crippen molar-refractivity contribution in [3.05, 3.63) is 65.7 Å². The van der Waals surface area contributed by atoms with E-state index < -0.39 is 11.6 Å². The zero-order valence-electron chi connectivity index (χ0n) is 20.3. The van der Waals surface area contributed by atoms with Gasteiger partial charge in [-0.1, -0.05) is 26.7 Å². The first-order chi connectivity index (χ1) is 16.4. The number of hydrogen-bond acceptors (Lipinski definition) is 3. The zero-order chi connectivity index (χ0) is 24.2. The molecular formula is C27H32F2N4O. The summed E-state index contributed by atoms with van der Waals surface area (Å²) in [7, 11) is 1.79. The second-order valence-electron chi connectivity index (χ2n) is 8.86. The highest BCUT2D eigenvalue weighted by molar-refractivity contribution is 5.71. The highest BCUT2D eigenvalue weighted by Crippen LogP contribution is 2.34. The summed E-state index contributed by atoms with van der Waals surface area (Å²) in [5.74, 6) is -0.805. The lowest BCUT2D eigenvalue weighted by Crippen LogP contribution is -2.18. The third-order valence-corrected chi connectivity index (χ3v) is 6.10. The van der Waals surface area contributed by atoms with Crippen molar-refractivity contribution in [1.29, 1.82) is 0 Å². The Morgan fingerprint density at radius 1 is 1.06 bits per heavy atom. The van der Waals surface area contributed by atoms with E-state index in [4.69, 9.17) is 9.72 Å². The summed E-state index contributed by atoms with van der Waals surface area (Å²) in [6.45, 7) is 6.85. The normalized spacial score (nSPS) is 12.5. The van der Waals surface area contributed by atoms with Gasteiger partial charge in [-0.05, 0) is 49.6 Å². The molecule has 0 spiro atoms. The molecule has 0 amide bonds. The van der Waals surface area contributed by atoms with Gasteiger partial charge in [0.25, 0.3) is 0 Å². The molecule has 4 rings (SSSR count). The SMILES string of the molecule is CCCCC(Cc1c(-c2c(F)cc(-c3nccn3C)cc2F)nc2cc(C)ccn12)OCCC. The lowest BCUT2D eigenvalue weighted by atomic mass is 10.0. The van der Waals surface area contributed by atoms with Crippen LogP contribution in [0.1, 0.15) is 50.8 Å². The Bertz CT molecular complexity index is 1250. The van der Waals surface area contributed by atoms with Crippen molar-refractivity contribution in [2.45, 2.75) is 59.0 Å². The summed E-state index contributed by atoms with van der Waals surface area (Å²) in [5, 5.41) is 0. The fourth-order valence-corrected chi connectivity index (χ4v) is 4.34. The largest absolute Gasteiger partial charge is 0.378 e. The van der Waals surface area contributed by atoms with Gasteiger partial charge in [-0.2, -0.15) is 0 Å². The summed E-state index contributed by atoms with van der Waals surface area (Å²) in [5.41, 5.74) is 3.06. The third-order valence-electron chi connectivity index (χ3n) is 6.10. The van der Waals surface area contributed by atoms with Crippen molar-refractivity contribution in [3.8, 4) is 22.6 Å². The van der Waals surface area contributed by atoms with Crippen LogP contribution >= 0.6 is 0 Å². The number of hydrogen-bond donors (Lipinski definition) is 0. The van der Waals surface area contributed by atoms with Crippen LogP contribution in [-0.4, -0.2) is 31.6 Å². The van der Waals surface area contributed by atoms with Crippen LogP contribution in [-0.2, 0) is 18.2 Å². The molecule has 1 aromatic carbocycles. The monoisotopic (exact) mass is 466 g/mol. The molecule has 180 valence electrons. The average molecular weight is 467 g/mol. The third kappa shape index (κ3) is 4.89. The van der Waals surface area contributed by atoms with Crippen LogP contribution < -0.4 is 0 Å². The van der Waals surface area contributed by atoms with Gasteiger partial charge in [-0.15, -0.1) is 0 Å². The number of rotatable bonds is 10. The summed E-state index contributed by atoms with van der Waals surface area (Å²) in [6, 6.07) is 6.58. The minimum Gasteiger partial charge on any atom is -0.378 e. The summed E-state index contributed by atoms with van der Waals surface area (Å²) in [6.07, 6.45) is 9.65. The molecule has 7 heteroatoms. The molecule has 0 bridgehead atoms. The molecule has 0 fully saturated rings. The van der Waals surface area contributed by atoms with Crippen molar-refractivity contribution < 1.29 is 13.5 Å². The predicted molar refractivity (Wildman–Crippen MR) is 131 cm³/mol. The van der Waals surface area contributed by atoms with E-state index in [0.717, 1.165) is 36.9 Å². The maximum absolute atomic E-state index is 15.5. The molecule has 0 N–H and O–H groups in total.